The van der Waals surface area contributed by atoms with Gasteiger partial charge in [0.25, 0.3) is 17.1 Å². The van der Waals surface area contributed by atoms with Gasteiger partial charge in [0.1, 0.15) is 5.82 Å². The summed E-state index contributed by atoms with van der Waals surface area (Å²) in [6.45, 7) is 3.81. The van der Waals surface area contributed by atoms with Crippen molar-refractivity contribution in [2.24, 2.45) is 0 Å². The van der Waals surface area contributed by atoms with Crippen LogP contribution in [0.5, 0.6) is 11.5 Å². The van der Waals surface area contributed by atoms with E-state index in [-0.39, 0.29) is 29.0 Å². The summed E-state index contributed by atoms with van der Waals surface area (Å²) in [5.41, 5.74) is 2.77. The Morgan fingerprint density at radius 3 is 2.63 bits per heavy atom. The number of aryl methyl sites for hydroxylation is 1. The molecule has 0 aromatic heterocycles. The number of thioether (sulfide) groups is 1. The van der Waals surface area contributed by atoms with Crippen LogP contribution >= 0.6 is 23.4 Å². The summed E-state index contributed by atoms with van der Waals surface area (Å²) in [5.74, 6) is -0.551. The Bertz CT molecular complexity index is 1430. The number of nitrogens with zero attached hydrogens (tertiary/aromatic N) is 1. The quantitative estimate of drug-likeness (QED) is 0.306. The van der Waals surface area contributed by atoms with Crippen molar-refractivity contribution in [3.05, 3.63) is 93.1 Å². The molecule has 10 heteroatoms. The Morgan fingerprint density at radius 1 is 1.08 bits per heavy atom. The lowest BCUT2D eigenvalue weighted by molar-refractivity contribution is -0.123. The Balaban J connectivity index is 1.45. The largest absolute Gasteiger partial charge is 0.490 e. The lowest BCUT2D eigenvalue weighted by atomic mass is 10.1. The van der Waals surface area contributed by atoms with Gasteiger partial charge in [0, 0.05) is 10.7 Å². The zero-order valence-corrected chi connectivity index (χ0v) is 22.2. The second-order valence-electron chi connectivity index (χ2n) is 8.35. The molecular formula is C28H24ClFN2O5S. The molecule has 1 N–H and O–H groups in total. The molecule has 3 aromatic carbocycles. The van der Waals surface area contributed by atoms with Crippen molar-refractivity contribution in [1.29, 1.82) is 0 Å². The second-order valence-corrected chi connectivity index (χ2v) is 9.75. The van der Waals surface area contributed by atoms with Crippen LogP contribution < -0.4 is 14.8 Å². The predicted octanol–water partition coefficient (Wildman–Crippen LogP) is 6.44. The van der Waals surface area contributed by atoms with Gasteiger partial charge in [-0.3, -0.25) is 19.3 Å². The fraction of sp³-hybridized carbons (Fsp3) is 0.179. The number of benzene rings is 3. The average molecular weight is 555 g/mol. The van der Waals surface area contributed by atoms with E-state index in [0.717, 1.165) is 28.3 Å². The van der Waals surface area contributed by atoms with Gasteiger partial charge in [-0.05, 0) is 84.8 Å². The summed E-state index contributed by atoms with van der Waals surface area (Å²) in [6.07, 6.45) is 1.58. The van der Waals surface area contributed by atoms with E-state index in [9.17, 15) is 18.8 Å². The van der Waals surface area contributed by atoms with Gasteiger partial charge < -0.3 is 14.8 Å². The third kappa shape index (κ3) is 6.73. The van der Waals surface area contributed by atoms with Gasteiger partial charge in [-0.25, -0.2) is 4.39 Å². The molecule has 3 amide bonds. The molecule has 1 fully saturated rings. The molecule has 0 spiro atoms. The van der Waals surface area contributed by atoms with E-state index in [1.54, 1.807) is 30.3 Å². The van der Waals surface area contributed by atoms with Gasteiger partial charge in [-0.1, -0.05) is 35.9 Å². The minimum absolute atomic E-state index is 0.0668. The van der Waals surface area contributed by atoms with E-state index in [1.165, 1.54) is 12.1 Å². The Kier molecular flexibility index (Phi) is 8.70. The van der Waals surface area contributed by atoms with Crippen LogP contribution in [0.15, 0.2) is 65.6 Å². The molecule has 1 saturated heterocycles. The average Bonchev–Trinajstić information content (AvgIpc) is 3.12. The summed E-state index contributed by atoms with van der Waals surface area (Å²) in [4.78, 5) is 39.1. The third-order valence-electron chi connectivity index (χ3n) is 5.44. The van der Waals surface area contributed by atoms with Crippen LogP contribution in [0.3, 0.4) is 0 Å². The molecule has 1 aliphatic rings. The molecule has 3 aromatic rings. The van der Waals surface area contributed by atoms with Gasteiger partial charge in [-0.2, -0.15) is 0 Å². The fourth-order valence-electron chi connectivity index (χ4n) is 3.67. The number of imide groups is 1. The zero-order valence-electron chi connectivity index (χ0n) is 20.6. The van der Waals surface area contributed by atoms with E-state index >= 15 is 0 Å². The van der Waals surface area contributed by atoms with Crippen LogP contribution in [0, 0.1) is 12.7 Å². The van der Waals surface area contributed by atoms with Gasteiger partial charge in [0.2, 0.25) is 0 Å². The number of nitrogens with one attached hydrogen (secondary N) is 1. The Labute approximate surface area is 228 Å². The summed E-state index contributed by atoms with van der Waals surface area (Å²) < 4.78 is 24.7. The first-order valence-electron chi connectivity index (χ1n) is 11.7. The summed E-state index contributed by atoms with van der Waals surface area (Å²) in [6, 6.07) is 16.2. The molecule has 1 aliphatic heterocycles. The van der Waals surface area contributed by atoms with Crippen molar-refractivity contribution in [3.8, 4) is 11.5 Å². The van der Waals surface area contributed by atoms with Crippen LogP contribution in [0.4, 0.5) is 14.9 Å². The number of hydrogen-bond donors (Lipinski definition) is 1. The highest BCUT2D eigenvalue weighted by Crippen LogP contribution is 2.36. The van der Waals surface area contributed by atoms with Crippen LogP contribution in [0.25, 0.3) is 6.08 Å². The highest BCUT2D eigenvalue weighted by atomic mass is 35.5. The number of carbonyl (C=O) groups is 3. The molecule has 7 nitrogen and oxygen atoms in total. The number of halogens is 2. The van der Waals surface area contributed by atoms with Gasteiger partial charge >= 0.3 is 0 Å². The van der Waals surface area contributed by atoms with E-state index in [4.69, 9.17) is 21.1 Å². The molecule has 1 heterocycles. The number of rotatable bonds is 9. The highest BCUT2D eigenvalue weighted by molar-refractivity contribution is 8.18. The second kappa shape index (κ2) is 12.1. The van der Waals surface area contributed by atoms with Crippen molar-refractivity contribution in [2.45, 2.75) is 20.4 Å². The summed E-state index contributed by atoms with van der Waals surface area (Å²) >= 11 is 6.86. The first-order chi connectivity index (χ1) is 18.2. The normalized spacial score (nSPS) is 14.2. The molecule has 0 unspecified atom stereocenters. The minimum Gasteiger partial charge on any atom is -0.490 e. The maximum absolute atomic E-state index is 13.3. The molecule has 0 saturated carbocycles. The molecule has 0 aliphatic carbocycles. The van der Waals surface area contributed by atoms with Crippen molar-refractivity contribution in [1.82, 2.24) is 4.90 Å². The standard InChI is InChI=1S/C28H24ClFN2O5S/c1-3-36-24-12-18(7-10-23(24)37-16-26(33)31-21-6-4-5-17(2)11-21)13-25-27(34)32(28(35)38-25)15-19-8-9-20(30)14-22(19)29/h4-14H,3,15-16H2,1-2H3,(H,31,33)/b25-13-. The first kappa shape index (κ1) is 27.2. The molecule has 0 radical (unpaired) electrons. The lowest BCUT2D eigenvalue weighted by Crippen LogP contribution is -2.27. The topological polar surface area (TPSA) is 84.9 Å². The van der Waals surface area contributed by atoms with Crippen molar-refractivity contribution in [3.63, 3.8) is 0 Å². The maximum atomic E-state index is 13.3. The molecule has 38 heavy (non-hydrogen) atoms. The lowest BCUT2D eigenvalue weighted by Gasteiger charge is -2.14. The van der Waals surface area contributed by atoms with Crippen molar-refractivity contribution >= 4 is 52.2 Å². The predicted molar refractivity (Wildman–Crippen MR) is 146 cm³/mol. The number of anilines is 1. The number of ether oxygens (including phenoxy) is 2. The van der Waals surface area contributed by atoms with Crippen LogP contribution in [-0.2, 0) is 16.1 Å². The molecule has 4 rings (SSSR count). The monoisotopic (exact) mass is 554 g/mol. The molecule has 0 atom stereocenters. The third-order valence-corrected chi connectivity index (χ3v) is 6.70. The molecule has 0 bridgehead atoms. The summed E-state index contributed by atoms with van der Waals surface area (Å²) in [7, 11) is 0. The van der Waals surface area contributed by atoms with Crippen LogP contribution in [0.1, 0.15) is 23.6 Å². The number of carbonyl (C=O) groups excluding carboxylic acids is 3. The van der Waals surface area contributed by atoms with Gasteiger partial charge in [0.05, 0.1) is 18.1 Å². The van der Waals surface area contributed by atoms with Crippen molar-refractivity contribution in [2.75, 3.05) is 18.5 Å². The number of amides is 3. The molecule has 196 valence electrons. The van der Waals surface area contributed by atoms with Crippen molar-refractivity contribution < 1.29 is 28.2 Å². The zero-order chi connectivity index (χ0) is 27.2. The van der Waals surface area contributed by atoms with E-state index in [1.807, 2.05) is 32.0 Å². The van der Waals surface area contributed by atoms with Crippen LogP contribution in [-0.4, -0.2) is 35.2 Å². The minimum atomic E-state index is -0.503. The maximum Gasteiger partial charge on any atom is 0.293 e. The number of hydrogen-bond acceptors (Lipinski definition) is 6. The smallest absolute Gasteiger partial charge is 0.293 e. The van der Waals surface area contributed by atoms with E-state index in [0.29, 0.717) is 34.9 Å². The highest BCUT2D eigenvalue weighted by Gasteiger charge is 2.35. The van der Waals surface area contributed by atoms with Gasteiger partial charge in [0.15, 0.2) is 18.1 Å². The fourth-order valence-corrected chi connectivity index (χ4v) is 4.74. The van der Waals surface area contributed by atoms with E-state index < -0.39 is 17.0 Å². The molecular weight excluding hydrogens is 531 g/mol. The Hall–Kier alpha value is -3.82. The first-order valence-corrected chi connectivity index (χ1v) is 12.9. The Morgan fingerprint density at radius 2 is 1.89 bits per heavy atom. The van der Waals surface area contributed by atoms with E-state index in [2.05, 4.69) is 5.32 Å². The van der Waals surface area contributed by atoms with Gasteiger partial charge in [-0.15, -0.1) is 0 Å². The summed E-state index contributed by atoms with van der Waals surface area (Å²) in [5, 5.41) is 2.47. The SMILES string of the molecule is CCOc1cc(/C=C2\SC(=O)N(Cc3ccc(F)cc3Cl)C2=O)ccc1OCC(=O)Nc1cccc(C)c1. The van der Waals surface area contributed by atoms with Crippen LogP contribution in [0.2, 0.25) is 5.02 Å².